The molecule has 0 amide bonds. The topological polar surface area (TPSA) is 83.3 Å². The first-order valence-electron chi connectivity index (χ1n) is 9.69. The van der Waals surface area contributed by atoms with Crippen molar-refractivity contribution in [3.8, 4) is 11.5 Å². The molecule has 0 aliphatic carbocycles. The maximum Gasteiger partial charge on any atom is 0.340 e. The van der Waals surface area contributed by atoms with E-state index < -0.39 is 12.1 Å². The van der Waals surface area contributed by atoms with Crippen LogP contribution < -0.4 is 14.4 Å². The highest BCUT2D eigenvalue weighted by atomic mass is 16.6. The van der Waals surface area contributed by atoms with Crippen LogP contribution in [0, 0.1) is 0 Å². The van der Waals surface area contributed by atoms with Crippen molar-refractivity contribution in [3.05, 3.63) is 48.5 Å². The minimum atomic E-state index is -0.710. The van der Waals surface area contributed by atoms with Crippen LogP contribution in [-0.2, 0) is 14.3 Å². The number of ether oxygens (including phenoxy) is 4. The monoisotopic (exact) mass is 414 g/mol. The maximum atomic E-state index is 12.2. The molecule has 160 valence electrons. The number of methoxy groups -OCH3 is 1. The van der Waals surface area contributed by atoms with Gasteiger partial charge in [0.05, 0.1) is 19.8 Å². The second-order valence-electron chi connectivity index (χ2n) is 6.61. The van der Waals surface area contributed by atoms with Crippen molar-refractivity contribution >= 4 is 23.1 Å². The molecule has 0 aliphatic rings. The third-order valence-electron chi connectivity index (χ3n) is 4.34. The number of nitrogens with zero attached hydrogens (tertiary/aromatic N) is 2. The Morgan fingerprint density at radius 1 is 1.07 bits per heavy atom. The van der Waals surface area contributed by atoms with E-state index in [2.05, 4.69) is 4.98 Å². The van der Waals surface area contributed by atoms with Crippen molar-refractivity contribution in [2.24, 2.45) is 0 Å². The van der Waals surface area contributed by atoms with Crippen LogP contribution in [0.4, 0.5) is 6.01 Å². The van der Waals surface area contributed by atoms with Gasteiger partial charge in [0.1, 0.15) is 12.1 Å². The van der Waals surface area contributed by atoms with E-state index in [-0.39, 0.29) is 0 Å². The van der Waals surface area contributed by atoms with Gasteiger partial charge in [-0.25, -0.2) is 4.79 Å². The lowest BCUT2D eigenvalue weighted by molar-refractivity contribution is -0.147. The number of rotatable bonds is 11. The first-order valence-corrected chi connectivity index (χ1v) is 9.69. The normalized spacial score (nSPS) is 12.0. The van der Waals surface area contributed by atoms with Gasteiger partial charge in [0.2, 0.25) is 0 Å². The predicted octanol–water partition coefficient (Wildman–Crippen LogP) is 3.30. The number of carbonyl (C=O) groups is 1. The first-order chi connectivity index (χ1) is 14.6. The Morgan fingerprint density at radius 2 is 1.80 bits per heavy atom. The Morgan fingerprint density at radius 3 is 2.57 bits per heavy atom. The molecule has 30 heavy (non-hydrogen) atoms. The van der Waals surface area contributed by atoms with Gasteiger partial charge in [-0.2, -0.15) is 4.98 Å². The number of hydrogen-bond acceptors (Lipinski definition) is 8. The standard InChI is InChI=1S/C22H26N2O6/c1-16(27-15-14-26-3)21(25)29-20-11-7-6-10-19(20)28-13-12-24(2)22-23-17-8-4-5-9-18(17)30-22/h4-11,16H,12-15H2,1-3H3. The van der Waals surface area contributed by atoms with Gasteiger partial charge in [0, 0.05) is 14.2 Å². The molecule has 0 N–H and O–H groups in total. The zero-order chi connectivity index (χ0) is 21.3. The molecule has 1 heterocycles. The van der Waals surface area contributed by atoms with Crippen LogP contribution in [0.2, 0.25) is 0 Å². The Labute approximate surface area is 175 Å². The van der Waals surface area contributed by atoms with Gasteiger partial charge in [-0.1, -0.05) is 24.3 Å². The number of hydrogen-bond donors (Lipinski definition) is 0. The number of oxazole rings is 1. The van der Waals surface area contributed by atoms with Crippen LogP contribution in [0.5, 0.6) is 11.5 Å². The van der Waals surface area contributed by atoms with Gasteiger partial charge >= 0.3 is 5.97 Å². The molecule has 0 aliphatic heterocycles. The summed E-state index contributed by atoms with van der Waals surface area (Å²) in [4.78, 5) is 18.6. The summed E-state index contributed by atoms with van der Waals surface area (Å²) in [6.45, 7) is 3.24. The average molecular weight is 414 g/mol. The fourth-order valence-corrected chi connectivity index (χ4v) is 2.63. The molecule has 3 aromatic rings. The van der Waals surface area contributed by atoms with E-state index in [1.165, 1.54) is 0 Å². The zero-order valence-corrected chi connectivity index (χ0v) is 17.4. The quantitative estimate of drug-likeness (QED) is 0.269. The largest absolute Gasteiger partial charge is 0.488 e. The molecule has 0 saturated carbocycles. The van der Waals surface area contributed by atoms with Crippen LogP contribution in [-0.4, -0.2) is 57.6 Å². The summed E-state index contributed by atoms with van der Waals surface area (Å²) in [5.74, 6) is 0.320. The molecule has 0 bridgehead atoms. The van der Waals surface area contributed by atoms with E-state index in [0.29, 0.717) is 43.9 Å². The molecule has 1 unspecified atom stereocenters. The highest BCUT2D eigenvalue weighted by molar-refractivity contribution is 5.77. The molecular formula is C22H26N2O6. The first kappa shape index (κ1) is 21.6. The number of esters is 1. The minimum Gasteiger partial charge on any atom is -0.488 e. The van der Waals surface area contributed by atoms with Crippen LogP contribution in [0.25, 0.3) is 11.1 Å². The zero-order valence-electron chi connectivity index (χ0n) is 17.4. The Hall–Kier alpha value is -3.10. The number of likely N-dealkylation sites (N-methyl/N-ethyl adjacent to an activating group) is 1. The number of fused-ring (bicyclic) bond motifs is 1. The lowest BCUT2D eigenvalue weighted by atomic mass is 10.3. The molecule has 1 aromatic heterocycles. The molecular weight excluding hydrogens is 388 g/mol. The fraction of sp³-hybridized carbons (Fsp3) is 0.364. The van der Waals surface area contributed by atoms with E-state index in [0.717, 1.165) is 11.1 Å². The number of aromatic nitrogens is 1. The summed E-state index contributed by atoms with van der Waals surface area (Å²) < 4.78 is 27.3. The fourth-order valence-electron chi connectivity index (χ4n) is 2.63. The molecule has 2 aromatic carbocycles. The van der Waals surface area contributed by atoms with Gasteiger partial charge in [-0.15, -0.1) is 0 Å². The lowest BCUT2D eigenvalue weighted by Crippen LogP contribution is -2.27. The van der Waals surface area contributed by atoms with Crippen molar-refractivity contribution < 1.29 is 28.2 Å². The average Bonchev–Trinajstić information content (AvgIpc) is 3.19. The minimum absolute atomic E-state index is 0.313. The molecule has 8 heteroatoms. The number of para-hydroxylation sites is 4. The lowest BCUT2D eigenvalue weighted by Gasteiger charge is -2.17. The third-order valence-corrected chi connectivity index (χ3v) is 4.34. The SMILES string of the molecule is COCCOC(C)C(=O)Oc1ccccc1OCCN(C)c1nc2ccccc2o1. The number of benzene rings is 2. The van der Waals surface area contributed by atoms with Crippen LogP contribution in [0.1, 0.15) is 6.92 Å². The molecule has 1 atom stereocenters. The maximum absolute atomic E-state index is 12.2. The van der Waals surface area contributed by atoms with Gasteiger partial charge in [-0.3, -0.25) is 0 Å². The van der Waals surface area contributed by atoms with Crippen molar-refractivity contribution in [1.82, 2.24) is 4.98 Å². The number of carbonyl (C=O) groups excluding carboxylic acids is 1. The van der Waals surface area contributed by atoms with E-state index in [4.69, 9.17) is 23.4 Å². The smallest absolute Gasteiger partial charge is 0.340 e. The van der Waals surface area contributed by atoms with Gasteiger partial charge in [0.15, 0.2) is 23.2 Å². The Bertz CT molecular complexity index is 924. The molecule has 8 nitrogen and oxygen atoms in total. The van der Waals surface area contributed by atoms with Gasteiger partial charge < -0.3 is 28.3 Å². The molecule has 0 radical (unpaired) electrons. The van der Waals surface area contributed by atoms with E-state index in [1.54, 1.807) is 32.2 Å². The third kappa shape index (κ3) is 5.71. The summed E-state index contributed by atoms with van der Waals surface area (Å²) in [5.41, 5.74) is 1.54. The van der Waals surface area contributed by atoms with Crippen molar-refractivity contribution in [2.45, 2.75) is 13.0 Å². The highest BCUT2D eigenvalue weighted by Gasteiger charge is 2.18. The summed E-state index contributed by atoms with van der Waals surface area (Å²) in [7, 11) is 3.45. The van der Waals surface area contributed by atoms with Gasteiger partial charge in [0.25, 0.3) is 6.01 Å². The van der Waals surface area contributed by atoms with Crippen LogP contribution in [0.15, 0.2) is 52.9 Å². The summed E-state index contributed by atoms with van der Waals surface area (Å²) >= 11 is 0. The Balaban J connectivity index is 1.53. The molecule has 0 spiro atoms. The number of anilines is 1. The van der Waals surface area contributed by atoms with Crippen molar-refractivity contribution in [3.63, 3.8) is 0 Å². The van der Waals surface area contributed by atoms with Gasteiger partial charge in [-0.05, 0) is 31.2 Å². The van der Waals surface area contributed by atoms with Crippen LogP contribution in [0.3, 0.4) is 0 Å². The van der Waals surface area contributed by atoms with E-state index >= 15 is 0 Å². The second kappa shape index (κ2) is 10.6. The predicted molar refractivity (Wildman–Crippen MR) is 112 cm³/mol. The highest BCUT2D eigenvalue weighted by Crippen LogP contribution is 2.27. The molecule has 3 rings (SSSR count). The van der Waals surface area contributed by atoms with Crippen LogP contribution >= 0.6 is 0 Å². The molecule has 0 saturated heterocycles. The van der Waals surface area contributed by atoms with Crippen molar-refractivity contribution in [2.75, 3.05) is 45.4 Å². The second-order valence-corrected chi connectivity index (χ2v) is 6.61. The van der Waals surface area contributed by atoms with Crippen molar-refractivity contribution in [1.29, 1.82) is 0 Å². The van der Waals surface area contributed by atoms with E-state index in [9.17, 15) is 4.79 Å². The molecule has 0 fully saturated rings. The summed E-state index contributed by atoms with van der Waals surface area (Å²) in [6.07, 6.45) is -0.710. The van der Waals surface area contributed by atoms with E-state index in [1.807, 2.05) is 42.3 Å². The summed E-state index contributed by atoms with van der Waals surface area (Å²) in [6, 6.07) is 15.1. The summed E-state index contributed by atoms with van der Waals surface area (Å²) in [5, 5.41) is 0. The Kier molecular flexibility index (Phi) is 7.64.